The van der Waals surface area contributed by atoms with Crippen LogP contribution in [0.1, 0.15) is 31.2 Å². The fraction of sp³-hybridized carbons (Fsp3) is 0.458. The van der Waals surface area contributed by atoms with E-state index in [9.17, 15) is 9.18 Å². The summed E-state index contributed by atoms with van der Waals surface area (Å²) in [6.45, 7) is 0.963. The van der Waals surface area contributed by atoms with Crippen LogP contribution in [-0.2, 0) is 5.41 Å². The Morgan fingerprint density at radius 3 is 2.59 bits per heavy atom. The zero-order chi connectivity index (χ0) is 23.0. The number of nitrogens with zero attached hydrogens (tertiary/aromatic N) is 2. The molecule has 6 nitrogen and oxygen atoms in total. The largest absolute Gasteiger partial charge is 0.493 e. The Hall–Kier alpha value is -2.51. The molecule has 0 radical (unpaired) electrons. The van der Waals surface area contributed by atoms with Crippen LogP contribution in [0.15, 0.2) is 36.4 Å². The summed E-state index contributed by atoms with van der Waals surface area (Å²) in [5, 5.41) is -0.0257. The molecule has 172 valence electrons. The molecule has 2 amide bonds. The molecule has 0 unspecified atom stereocenters. The molecular weight excluding hydrogens is 433 g/mol. The zero-order valence-corrected chi connectivity index (χ0v) is 19.4. The second kappa shape index (κ2) is 8.79. The van der Waals surface area contributed by atoms with Crippen molar-refractivity contribution in [2.24, 2.45) is 5.73 Å². The van der Waals surface area contributed by atoms with Gasteiger partial charge in [-0.25, -0.2) is 9.18 Å². The lowest BCUT2D eigenvalue weighted by Gasteiger charge is -2.47. The molecule has 0 bridgehead atoms. The number of hydrogen-bond acceptors (Lipinski definition) is 4. The third-order valence-corrected chi connectivity index (χ3v) is 7.53. The van der Waals surface area contributed by atoms with Crippen LogP contribution in [-0.4, -0.2) is 50.8 Å². The van der Waals surface area contributed by atoms with Gasteiger partial charge in [-0.2, -0.15) is 0 Å². The van der Waals surface area contributed by atoms with Gasteiger partial charge in [-0.05, 0) is 75.2 Å². The molecule has 2 N–H and O–H groups in total. The molecule has 2 aromatic rings. The van der Waals surface area contributed by atoms with E-state index in [-0.39, 0.29) is 22.5 Å². The Kier molecular flexibility index (Phi) is 6.23. The highest BCUT2D eigenvalue weighted by molar-refractivity contribution is 6.31. The molecule has 1 heterocycles. The van der Waals surface area contributed by atoms with Crippen molar-refractivity contribution >= 4 is 23.3 Å². The number of halogens is 2. The predicted molar refractivity (Wildman–Crippen MR) is 123 cm³/mol. The molecule has 0 spiro atoms. The summed E-state index contributed by atoms with van der Waals surface area (Å²) < 4.78 is 24.7. The van der Waals surface area contributed by atoms with Gasteiger partial charge in [0.25, 0.3) is 0 Å². The maximum absolute atomic E-state index is 13.7. The summed E-state index contributed by atoms with van der Waals surface area (Å²) in [4.78, 5) is 16.4. The first-order valence-corrected chi connectivity index (χ1v) is 11.1. The van der Waals surface area contributed by atoms with Crippen LogP contribution in [0.2, 0.25) is 5.02 Å². The van der Waals surface area contributed by atoms with Crippen LogP contribution in [0.4, 0.5) is 14.9 Å². The normalized spacial score (nSPS) is 25.3. The van der Waals surface area contributed by atoms with E-state index in [1.165, 1.54) is 17.7 Å². The second-order valence-corrected chi connectivity index (χ2v) is 9.11. The number of likely N-dealkylation sites (N-methyl/N-ethyl adjacent to an activating group) is 1. The summed E-state index contributed by atoms with van der Waals surface area (Å²) in [6, 6.07) is 10.0. The van der Waals surface area contributed by atoms with E-state index in [0.29, 0.717) is 11.4 Å². The fourth-order valence-corrected chi connectivity index (χ4v) is 5.81. The lowest BCUT2D eigenvalue weighted by Crippen LogP contribution is -2.54. The Balaban J connectivity index is 1.67. The van der Waals surface area contributed by atoms with Crippen LogP contribution in [0, 0.1) is 5.82 Å². The minimum Gasteiger partial charge on any atom is -0.493 e. The van der Waals surface area contributed by atoms with Gasteiger partial charge in [0.2, 0.25) is 0 Å². The SMILES string of the molecule is COc1ccc([C@@]23CC[C@@H](N(C(N)=O)c4ccc(F)c(Cl)c4)C[C@@H]2N(C)CC3)cc1OC. The predicted octanol–water partition coefficient (Wildman–Crippen LogP) is 4.58. The molecular formula is C24H29ClFN3O3. The number of carbonyl (C=O) groups is 1. The average molecular weight is 462 g/mol. The molecule has 1 saturated heterocycles. The third kappa shape index (κ3) is 3.77. The smallest absolute Gasteiger partial charge is 0.319 e. The van der Waals surface area contributed by atoms with E-state index in [1.807, 2.05) is 6.07 Å². The van der Waals surface area contributed by atoms with Crippen molar-refractivity contribution in [2.75, 3.05) is 32.7 Å². The number of anilines is 1. The Morgan fingerprint density at radius 1 is 1.19 bits per heavy atom. The molecule has 2 fully saturated rings. The van der Waals surface area contributed by atoms with Gasteiger partial charge in [-0.15, -0.1) is 0 Å². The first kappa shape index (κ1) is 22.7. The van der Waals surface area contributed by atoms with Crippen molar-refractivity contribution in [3.8, 4) is 11.5 Å². The summed E-state index contributed by atoms with van der Waals surface area (Å²) in [7, 11) is 5.40. The standard InChI is InChI=1S/C24H29ClFN3O3/c1-28-11-10-24(15-4-7-20(31-2)21(12-15)32-3)9-8-17(14-22(24)28)29(23(27)30)16-5-6-19(26)18(25)13-16/h4-7,12-13,17,22H,8-11,14H2,1-3H3,(H2,27,30)/t17-,22+,24+/m1/s1. The van der Waals surface area contributed by atoms with Gasteiger partial charge in [0, 0.05) is 23.2 Å². The molecule has 8 heteroatoms. The highest BCUT2D eigenvalue weighted by Crippen LogP contribution is 2.51. The first-order valence-electron chi connectivity index (χ1n) is 10.8. The Morgan fingerprint density at radius 2 is 1.94 bits per heavy atom. The quantitative estimate of drug-likeness (QED) is 0.707. The summed E-state index contributed by atoms with van der Waals surface area (Å²) in [5.74, 6) is 0.901. The van der Waals surface area contributed by atoms with E-state index in [4.69, 9.17) is 26.8 Å². The number of primary amides is 1. The lowest BCUT2D eigenvalue weighted by molar-refractivity contribution is 0.164. The molecule has 4 rings (SSSR count). The molecule has 1 saturated carbocycles. The van der Waals surface area contributed by atoms with E-state index < -0.39 is 11.8 Å². The summed E-state index contributed by atoms with van der Waals surface area (Å²) in [6.07, 6.45) is 3.44. The molecule has 3 atom stereocenters. The summed E-state index contributed by atoms with van der Waals surface area (Å²) in [5.41, 5.74) is 7.47. The number of amides is 2. The van der Waals surface area contributed by atoms with Gasteiger partial charge in [0.1, 0.15) is 5.82 Å². The lowest BCUT2D eigenvalue weighted by atomic mass is 9.64. The monoisotopic (exact) mass is 461 g/mol. The number of urea groups is 1. The van der Waals surface area contributed by atoms with E-state index >= 15 is 0 Å². The van der Waals surface area contributed by atoms with Crippen LogP contribution in [0.3, 0.4) is 0 Å². The fourth-order valence-electron chi connectivity index (χ4n) is 5.63. The van der Waals surface area contributed by atoms with Crippen LogP contribution >= 0.6 is 11.6 Å². The third-order valence-electron chi connectivity index (χ3n) is 7.24. The van der Waals surface area contributed by atoms with E-state index in [2.05, 4.69) is 24.1 Å². The maximum Gasteiger partial charge on any atom is 0.319 e. The zero-order valence-electron chi connectivity index (χ0n) is 18.6. The van der Waals surface area contributed by atoms with Crippen LogP contribution in [0.25, 0.3) is 0 Å². The van der Waals surface area contributed by atoms with Gasteiger partial charge < -0.3 is 20.1 Å². The molecule has 32 heavy (non-hydrogen) atoms. The van der Waals surface area contributed by atoms with Crippen molar-refractivity contribution < 1.29 is 18.7 Å². The second-order valence-electron chi connectivity index (χ2n) is 8.71. The van der Waals surface area contributed by atoms with Crippen molar-refractivity contribution in [3.05, 3.63) is 52.8 Å². The van der Waals surface area contributed by atoms with Gasteiger partial charge in [0.05, 0.1) is 19.2 Å². The number of carbonyl (C=O) groups excluding carboxylic acids is 1. The van der Waals surface area contributed by atoms with Gasteiger partial charge in [0.15, 0.2) is 11.5 Å². The van der Waals surface area contributed by atoms with Crippen molar-refractivity contribution in [1.82, 2.24) is 4.90 Å². The molecule has 1 aliphatic carbocycles. The molecule has 2 aromatic carbocycles. The van der Waals surface area contributed by atoms with Crippen molar-refractivity contribution in [1.29, 1.82) is 0 Å². The molecule has 1 aliphatic heterocycles. The topological polar surface area (TPSA) is 68.0 Å². The minimum absolute atomic E-state index is 0.0257. The van der Waals surface area contributed by atoms with Crippen LogP contribution in [0.5, 0.6) is 11.5 Å². The van der Waals surface area contributed by atoms with E-state index in [1.54, 1.807) is 25.2 Å². The number of methoxy groups -OCH3 is 2. The number of rotatable bonds is 5. The highest BCUT2D eigenvalue weighted by Gasteiger charge is 2.51. The number of hydrogen-bond donors (Lipinski definition) is 1. The Bertz CT molecular complexity index is 1020. The highest BCUT2D eigenvalue weighted by atomic mass is 35.5. The molecule has 0 aromatic heterocycles. The molecule has 2 aliphatic rings. The van der Waals surface area contributed by atoms with E-state index in [0.717, 1.165) is 38.0 Å². The Labute approximate surface area is 193 Å². The summed E-state index contributed by atoms with van der Waals surface area (Å²) >= 11 is 5.99. The number of fused-ring (bicyclic) bond motifs is 1. The van der Waals surface area contributed by atoms with Crippen molar-refractivity contribution in [3.63, 3.8) is 0 Å². The number of nitrogens with two attached hydrogens (primary N) is 1. The minimum atomic E-state index is -0.558. The van der Waals surface area contributed by atoms with Gasteiger partial charge in [-0.1, -0.05) is 17.7 Å². The van der Waals surface area contributed by atoms with Gasteiger partial charge >= 0.3 is 6.03 Å². The van der Waals surface area contributed by atoms with Crippen molar-refractivity contribution in [2.45, 2.75) is 43.2 Å². The maximum atomic E-state index is 13.7. The number of ether oxygens (including phenoxy) is 2. The van der Waals surface area contributed by atoms with Crippen LogP contribution < -0.4 is 20.1 Å². The van der Waals surface area contributed by atoms with Gasteiger partial charge in [-0.3, -0.25) is 4.90 Å². The first-order chi connectivity index (χ1) is 15.3. The average Bonchev–Trinajstić information content (AvgIpc) is 3.13. The number of likely N-dealkylation sites (tertiary alicyclic amines) is 1. The number of benzene rings is 2.